The minimum atomic E-state index is -1.32. The summed E-state index contributed by atoms with van der Waals surface area (Å²) >= 11 is 10.7. The molecule has 0 saturated heterocycles. The van der Waals surface area contributed by atoms with E-state index in [4.69, 9.17) is 31.2 Å². The lowest BCUT2D eigenvalue weighted by Crippen LogP contribution is -2.33. The van der Waals surface area contributed by atoms with Crippen LogP contribution in [0.4, 0.5) is 5.69 Å². The second-order valence-corrected chi connectivity index (χ2v) is 11.9. The summed E-state index contributed by atoms with van der Waals surface area (Å²) in [4.78, 5) is 19.6. The maximum Gasteiger partial charge on any atom is 0.337 e. The van der Waals surface area contributed by atoms with Gasteiger partial charge in [-0.3, -0.25) is 0 Å². The second kappa shape index (κ2) is 10.9. The van der Waals surface area contributed by atoms with Crippen molar-refractivity contribution in [2.75, 3.05) is 24.6 Å². The van der Waals surface area contributed by atoms with Crippen molar-refractivity contribution in [2.24, 2.45) is 0 Å². The van der Waals surface area contributed by atoms with Gasteiger partial charge in [-0.1, -0.05) is 45.7 Å². The molecule has 2 aromatic carbocycles. The molecule has 0 aliphatic carbocycles. The standard InChI is InChI=1S/C30H30BrClN4O4/c1-6-12-35-13-14-39-22-11-10-20(25(32)27(22)35)26-24(28(29(37)38)40-30(3,4)5)17(2)33-23-16-21(34-36(23)26)18-8-7-9-19(31)15-18/h6-11,15-16,28H,1,12-14H2,2-5H3,(H,37,38). The predicted octanol–water partition coefficient (Wildman–Crippen LogP) is 7.11. The highest BCUT2D eigenvalue weighted by Crippen LogP contribution is 2.46. The number of carboxylic acid groups (broad SMARTS) is 1. The van der Waals surface area contributed by atoms with Crippen LogP contribution >= 0.6 is 27.5 Å². The molecule has 10 heteroatoms. The molecule has 0 saturated carbocycles. The van der Waals surface area contributed by atoms with Gasteiger partial charge in [-0.15, -0.1) is 6.58 Å². The number of anilines is 1. The van der Waals surface area contributed by atoms with E-state index in [1.54, 1.807) is 11.4 Å². The van der Waals surface area contributed by atoms with Gasteiger partial charge < -0.3 is 19.5 Å². The molecule has 2 aromatic heterocycles. The van der Waals surface area contributed by atoms with Gasteiger partial charge in [0.2, 0.25) is 0 Å². The number of halogens is 2. The molecule has 1 atom stereocenters. The van der Waals surface area contributed by atoms with Gasteiger partial charge in [0, 0.05) is 39.5 Å². The zero-order valence-electron chi connectivity index (χ0n) is 22.7. The molecular formula is C30H30BrClN4O4. The molecular weight excluding hydrogens is 596 g/mol. The summed E-state index contributed by atoms with van der Waals surface area (Å²) in [6.45, 7) is 12.9. The molecule has 0 amide bonds. The third-order valence-corrected chi connectivity index (χ3v) is 7.40. The number of carboxylic acids is 1. The van der Waals surface area contributed by atoms with Gasteiger partial charge in [-0.25, -0.2) is 14.3 Å². The molecule has 4 aromatic rings. The summed E-state index contributed by atoms with van der Waals surface area (Å²) in [5.41, 5.74) is 4.08. The minimum absolute atomic E-state index is 0.382. The maximum atomic E-state index is 12.7. The van der Waals surface area contributed by atoms with Crippen LogP contribution in [-0.4, -0.2) is 51.0 Å². The largest absolute Gasteiger partial charge is 0.490 e. The van der Waals surface area contributed by atoms with Crippen LogP contribution in [0.3, 0.4) is 0 Å². The number of hydrogen-bond donors (Lipinski definition) is 1. The first-order valence-electron chi connectivity index (χ1n) is 12.9. The van der Waals surface area contributed by atoms with Crippen LogP contribution in [0.5, 0.6) is 5.75 Å². The van der Waals surface area contributed by atoms with Gasteiger partial charge in [-0.05, 0) is 52.0 Å². The van der Waals surface area contributed by atoms with E-state index in [1.807, 2.05) is 69.3 Å². The summed E-state index contributed by atoms with van der Waals surface area (Å²) in [5, 5.41) is 15.7. The van der Waals surface area contributed by atoms with E-state index in [0.29, 0.717) is 64.3 Å². The second-order valence-electron chi connectivity index (χ2n) is 10.6. The Labute approximate surface area is 246 Å². The van der Waals surface area contributed by atoms with Gasteiger partial charge >= 0.3 is 5.97 Å². The Kier molecular flexibility index (Phi) is 7.65. The molecule has 1 aliphatic rings. The number of aromatic nitrogens is 3. The zero-order chi connectivity index (χ0) is 28.8. The number of aliphatic carboxylic acids is 1. The molecule has 0 bridgehead atoms. The lowest BCUT2D eigenvalue weighted by Gasteiger charge is -2.32. The van der Waals surface area contributed by atoms with Crippen molar-refractivity contribution >= 4 is 44.8 Å². The van der Waals surface area contributed by atoms with E-state index in [1.165, 1.54) is 0 Å². The van der Waals surface area contributed by atoms with Crippen LogP contribution < -0.4 is 9.64 Å². The van der Waals surface area contributed by atoms with Crippen LogP contribution in [0.2, 0.25) is 5.02 Å². The van der Waals surface area contributed by atoms with Gasteiger partial charge in [0.1, 0.15) is 12.4 Å². The average Bonchev–Trinajstić information content (AvgIpc) is 3.30. The third kappa shape index (κ3) is 5.33. The first kappa shape index (κ1) is 28.1. The maximum absolute atomic E-state index is 12.7. The topological polar surface area (TPSA) is 89.2 Å². The number of aryl methyl sites for hydroxylation is 1. The van der Waals surface area contributed by atoms with E-state index in [9.17, 15) is 9.90 Å². The lowest BCUT2D eigenvalue weighted by atomic mass is 9.97. The minimum Gasteiger partial charge on any atom is -0.490 e. The van der Waals surface area contributed by atoms with Crippen molar-refractivity contribution in [1.29, 1.82) is 0 Å². The molecule has 208 valence electrons. The normalized spacial score (nSPS) is 14.1. The van der Waals surface area contributed by atoms with E-state index in [2.05, 4.69) is 27.4 Å². The Morgan fingerprint density at radius 1 is 1.30 bits per heavy atom. The number of carbonyl (C=O) groups is 1. The predicted molar refractivity (Wildman–Crippen MR) is 160 cm³/mol. The SMILES string of the molecule is C=CCN1CCOc2ccc(-c3c(C(OC(C)(C)C)C(=O)O)c(C)nc4cc(-c5cccc(Br)c5)nn34)c(Cl)c21. The van der Waals surface area contributed by atoms with E-state index in [0.717, 1.165) is 15.7 Å². The smallest absolute Gasteiger partial charge is 0.337 e. The average molecular weight is 626 g/mol. The van der Waals surface area contributed by atoms with Crippen molar-refractivity contribution in [1.82, 2.24) is 14.6 Å². The Bertz CT molecular complexity index is 1630. The van der Waals surface area contributed by atoms with Crippen LogP contribution in [0.25, 0.3) is 28.2 Å². The highest BCUT2D eigenvalue weighted by Gasteiger charge is 2.35. The number of hydrogen-bond acceptors (Lipinski definition) is 6. The molecule has 8 nitrogen and oxygen atoms in total. The molecule has 1 N–H and O–H groups in total. The van der Waals surface area contributed by atoms with Crippen molar-refractivity contribution in [2.45, 2.75) is 39.4 Å². The van der Waals surface area contributed by atoms with E-state index in [-0.39, 0.29) is 0 Å². The lowest BCUT2D eigenvalue weighted by molar-refractivity contribution is -0.160. The van der Waals surface area contributed by atoms with E-state index >= 15 is 0 Å². The van der Waals surface area contributed by atoms with Crippen molar-refractivity contribution in [3.8, 4) is 28.3 Å². The third-order valence-electron chi connectivity index (χ3n) is 6.53. The summed E-state index contributed by atoms with van der Waals surface area (Å²) in [7, 11) is 0. The first-order chi connectivity index (χ1) is 19.0. The van der Waals surface area contributed by atoms with Crippen molar-refractivity contribution in [3.05, 3.63) is 75.9 Å². The Morgan fingerprint density at radius 3 is 2.75 bits per heavy atom. The fraction of sp³-hybridized carbons (Fsp3) is 0.300. The zero-order valence-corrected chi connectivity index (χ0v) is 25.1. The number of rotatable bonds is 7. The monoisotopic (exact) mass is 624 g/mol. The molecule has 1 unspecified atom stereocenters. The van der Waals surface area contributed by atoms with Gasteiger partial charge in [0.05, 0.1) is 34.2 Å². The summed E-state index contributed by atoms with van der Waals surface area (Å²) in [5.74, 6) is -0.480. The summed E-state index contributed by atoms with van der Waals surface area (Å²) in [6, 6.07) is 13.4. The number of benzene rings is 2. The summed E-state index contributed by atoms with van der Waals surface area (Å²) in [6.07, 6.45) is 0.492. The van der Waals surface area contributed by atoms with Crippen LogP contribution in [0.1, 0.15) is 38.1 Å². The molecule has 0 fully saturated rings. The Morgan fingerprint density at radius 2 is 2.08 bits per heavy atom. The van der Waals surface area contributed by atoms with Gasteiger partial charge in [0.15, 0.2) is 11.8 Å². The highest BCUT2D eigenvalue weighted by atomic mass is 79.9. The molecule has 3 heterocycles. The molecule has 40 heavy (non-hydrogen) atoms. The Hall–Kier alpha value is -3.40. The first-order valence-corrected chi connectivity index (χ1v) is 14.0. The number of fused-ring (bicyclic) bond motifs is 2. The van der Waals surface area contributed by atoms with Crippen LogP contribution in [0.15, 0.2) is 59.6 Å². The molecule has 5 rings (SSSR count). The van der Waals surface area contributed by atoms with Crippen LogP contribution in [-0.2, 0) is 9.53 Å². The summed E-state index contributed by atoms with van der Waals surface area (Å²) < 4.78 is 14.6. The fourth-order valence-electron chi connectivity index (χ4n) is 4.94. The van der Waals surface area contributed by atoms with Crippen LogP contribution in [0, 0.1) is 6.92 Å². The number of nitrogens with zero attached hydrogens (tertiary/aromatic N) is 4. The Balaban J connectivity index is 1.85. The van der Waals surface area contributed by atoms with Crippen molar-refractivity contribution in [3.63, 3.8) is 0 Å². The molecule has 1 aliphatic heterocycles. The van der Waals surface area contributed by atoms with Gasteiger partial charge in [-0.2, -0.15) is 5.10 Å². The van der Waals surface area contributed by atoms with E-state index < -0.39 is 17.7 Å². The quantitative estimate of drug-likeness (QED) is 0.219. The molecule has 0 radical (unpaired) electrons. The highest BCUT2D eigenvalue weighted by molar-refractivity contribution is 9.10. The molecule has 0 spiro atoms. The van der Waals surface area contributed by atoms with Crippen molar-refractivity contribution < 1.29 is 19.4 Å². The number of ether oxygens (including phenoxy) is 2. The van der Waals surface area contributed by atoms with Gasteiger partial charge in [0.25, 0.3) is 0 Å². The fourth-order valence-corrected chi connectivity index (χ4v) is 5.70.